The quantitative estimate of drug-likeness (QED) is 0.668. The number of nitrogens with zero attached hydrogens (tertiary/aromatic N) is 3. The molecule has 3 aromatic rings. The molecule has 1 aliphatic heterocycles. The van der Waals surface area contributed by atoms with Crippen LogP contribution in [0.25, 0.3) is 0 Å². The van der Waals surface area contributed by atoms with Gasteiger partial charge in [-0.25, -0.2) is 0 Å². The zero-order valence-electron chi connectivity index (χ0n) is 16.2. The number of carbonyl (C=O) groups excluding carboxylic acids is 1. The van der Waals surface area contributed by atoms with Gasteiger partial charge >= 0.3 is 0 Å². The number of carbonyl (C=O) groups is 1. The molecule has 1 N–H and O–H groups in total. The number of hydrogen-bond acceptors (Lipinski definition) is 6. The number of hydrogen-bond donors (Lipinski definition) is 1. The van der Waals surface area contributed by atoms with Crippen molar-refractivity contribution in [1.29, 1.82) is 0 Å². The minimum Gasteiger partial charge on any atom is -0.454 e. The number of likely N-dealkylation sites (N-methyl/N-ethyl adjacent to an activating group) is 1. The Morgan fingerprint density at radius 3 is 2.72 bits per heavy atom. The molecule has 1 amide bonds. The molecule has 29 heavy (non-hydrogen) atoms. The van der Waals surface area contributed by atoms with Crippen molar-refractivity contribution in [3.8, 4) is 11.5 Å². The van der Waals surface area contributed by atoms with Crippen molar-refractivity contribution in [2.45, 2.75) is 13.0 Å². The van der Waals surface area contributed by atoms with Gasteiger partial charge in [0.05, 0.1) is 11.3 Å². The Balaban J connectivity index is 1.35. The largest absolute Gasteiger partial charge is 0.454 e. The van der Waals surface area contributed by atoms with E-state index in [2.05, 4.69) is 15.3 Å². The molecule has 0 atom stereocenters. The number of rotatable bonds is 7. The van der Waals surface area contributed by atoms with Crippen LogP contribution in [0.2, 0.25) is 0 Å². The highest BCUT2D eigenvalue weighted by Crippen LogP contribution is 2.32. The van der Waals surface area contributed by atoms with Crippen molar-refractivity contribution >= 4 is 11.6 Å². The Morgan fingerprint density at radius 1 is 1.03 bits per heavy atom. The second-order valence-electron chi connectivity index (χ2n) is 6.84. The first-order valence-corrected chi connectivity index (χ1v) is 9.41. The lowest BCUT2D eigenvalue weighted by Gasteiger charge is -2.17. The summed E-state index contributed by atoms with van der Waals surface area (Å²) in [4.78, 5) is 22.7. The fourth-order valence-corrected chi connectivity index (χ4v) is 3.08. The van der Waals surface area contributed by atoms with Crippen LogP contribution >= 0.6 is 0 Å². The van der Waals surface area contributed by atoms with Gasteiger partial charge in [0, 0.05) is 44.9 Å². The number of ether oxygens (including phenoxy) is 2. The van der Waals surface area contributed by atoms with E-state index in [1.54, 1.807) is 36.7 Å². The fraction of sp³-hybridized carbons (Fsp3) is 0.227. The SMILES string of the molecule is CN(CCc1ccncc1)C(=O)c1cncc(NCc2ccc3c(c2)OCO3)c1. The molecule has 4 rings (SSSR count). The Kier molecular flexibility index (Phi) is 5.56. The van der Waals surface area contributed by atoms with E-state index in [1.807, 2.05) is 36.4 Å². The molecular formula is C22H22N4O3. The van der Waals surface area contributed by atoms with Crippen LogP contribution in [0.5, 0.6) is 11.5 Å². The summed E-state index contributed by atoms with van der Waals surface area (Å²) in [5.74, 6) is 1.46. The highest BCUT2D eigenvalue weighted by atomic mass is 16.7. The third-order valence-electron chi connectivity index (χ3n) is 4.75. The van der Waals surface area contributed by atoms with Crippen molar-refractivity contribution in [2.75, 3.05) is 25.7 Å². The van der Waals surface area contributed by atoms with E-state index in [9.17, 15) is 4.79 Å². The molecular weight excluding hydrogens is 368 g/mol. The predicted octanol–water partition coefficient (Wildman–Crippen LogP) is 3.13. The highest BCUT2D eigenvalue weighted by Gasteiger charge is 2.14. The Bertz CT molecular complexity index is 994. The summed E-state index contributed by atoms with van der Waals surface area (Å²) >= 11 is 0. The molecule has 0 aliphatic carbocycles. The molecule has 7 nitrogen and oxygen atoms in total. The maximum atomic E-state index is 12.7. The summed E-state index contributed by atoms with van der Waals surface area (Å²) in [5.41, 5.74) is 3.55. The maximum absolute atomic E-state index is 12.7. The van der Waals surface area contributed by atoms with Gasteiger partial charge < -0.3 is 19.7 Å². The molecule has 2 aromatic heterocycles. The van der Waals surface area contributed by atoms with Gasteiger partial charge in [-0.2, -0.15) is 0 Å². The first-order chi connectivity index (χ1) is 14.2. The zero-order valence-corrected chi connectivity index (χ0v) is 16.2. The van der Waals surface area contributed by atoms with Crippen LogP contribution < -0.4 is 14.8 Å². The van der Waals surface area contributed by atoms with Gasteiger partial charge in [0.25, 0.3) is 5.91 Å². The molecule has 0 saturated carbocycles. The van der Waals surface area contributed by atoms with Crippen molar-refractivity contribution in [3.05, 3.63) is 77.9 Å². The minimum absolute atomic E-state index is 0.0571. The Hall–Kier alpha value is -3.61. The van der Waals surface area contributed by atoms with E-state index in [0.29, 0.717) is 18.7 Å². The normalized spacial score (nSPS) is 11.9. The minimum atomic E-state index is -0.0571. The Labute approximate surface area is 169 Å². The number of amides is 1. The molecule has 0 fully saturated rings. The van der Waals surface area contributed by atoms with Crippen LogP contribution in [-0.2, 0) is 13.0 Å². The van der Waals surface area contributed by atoms with Crippen molar-refractivity contribution in [3.63, 3.8) is 0 Å². The predicted molar refractivity (Wildman–Crippen MR) is 109 cm³/mol. The molecule has 1 aliphatic rings. The van der Waals surface area contributed by atoms with Gasteiger partial charge in [-0.05, 0) is 47.9 Å². The van der Waals surface area contributed by atoms with Crippen LogP contribution in [-0.4, -0.2) is 41.2 Å². The number of benzene rings is 1. The summed E-state index contributed by atoms with van der Waals surface area (Å²) in [6, 6.07) is 11.6. The van der Waals surface area contributed by atoms with Gasteiger partial charge in [-0.15, -0.1) is 0 Å². The summed E-state index contributed by atoms with van der Waals surface area (Å²) in [6.07, 6.45) is 7.60. The van der Waals surface area contributed by atoms with E-state index < -0.39 is 0 Å². The number of nitrogens with one attached hydrogen (secondary N) is 1. The Morgan fingerprint density at radius 2 is 1.86 bits per heavy atom. The standard InChI is InChI=1S/C22H22N4O3/c1-26(9-6-16-4-7-23-8-5-16)22(27)18-11-19(14-24-13-18)25-12-17-2-3-20-21(10-17)29-15-28-20/h2-5,7-8,10-11,13-14,25H,6,9,12,15H2,1H3. The lowest BCUT2D eigenvalue weighted by molar-refractivity contribution is 0.0796. The average Bonchev–Trinajstić information content (AvgIpc) is 3.24. The van der Waals surface area contributed by atoms with Crippen LogP contribution in [0.1, 0.15) is 21.5 Å². The molecule has 0 radical (unpaired) electrons. The van der Waals surface area contributed by atoms with Gasteiger partial charge in [0.15, 0.2) is 11.5 Å². The second-order valence-corrected chi connectivity index (χ2v) is 6.84. The number of fused-ring (bicyclic) bond motifs is 1. The van der Waals surface area contributed by atoms with Crippen LogP contribution in [0, 0.1) is 0 Å². The molecule has 148 valence electrons. The molecule has 0 unspecified atom stereocenters. The third-order valence-corrected chi connectivity index (χ3v) is 4.75. The van der Waals surface area contributed by atoms with E-state index >= 15 is 0 Å². The summed E-state index contributed by atoms with van der Waals surface area (Å²) in [6.45, 7) is 1.47. The number of pyridine rings is 2. The van der Waals surface area contributed by atoms with Gasteiger partial charge in [-0.1, -0.05) is 6.07 Å². The molecule has 3 heterocycles. The highest BCUT2D eigenvalue weighted by molar-refractivity contribution is 5.94. The third kappa shape index (κ3) is 4.63. The van der Waals surface area contributed by atoms with E-state index in [1.165, 1.54) is 0 Å². The first kappa shape index (κ1) is 18.7. The smallest absolute Gasteiger partial charge is 0.255 e. The summed E-state index contributed by atoms with van der Waals surface area (Å²) in [7, 11) is 1.80. The molecule has 0 saturated heterocycles. The number of aromatic nitrogens is 2. The van der Waals surface area contributed by atoms with Crippen LogP contribution in [0.3, 0.4) is 0 Å². The monoisotopic (exact) mass is 390 g/mol. The van der Waals surface area contributed by atoms with E-state index in [0.717, 1.165) is 34.7 Å². The summed E-state index contributed by atoms with van der Waals surface area (Å²) in [5, 5.41) is 3.31. The molecule has 0 spiro atoms. The topological polar surface area (TPSA) is 76.6 Å². The first-order valence-electron chi connectivity index (χ1n) is 9.41. The van der Waals surface area contributed by atoms with E-state index in [4.69, 9.17) is 9.47 Å². The van der Waals surface area contributed by atoms with Gasteiger partial charge in [-0.3, -0.25) is 14.8 Å². The molecule has 1 aromatic carbocycles. The average molecular weight is 390 g/mol. The molecule has 7 heteroatoms. The number of anilines is 1. The van der Waals surface area contributed by atoms with Crippen LogP contribution in [0.4, 0.5) is 5.69 Å². The lowest BCUT2D eigenvalue weighted by Crippen LogP contribution is -2.29. The van der Waals surface area contributed by atoms with Crippen molar-refractivity contribution in [1.82, 2.24) is 14.9 Å². The fourth-order valence-electron chi connectivity index (χ4n) is 3.08. The van der Waals surface area contributed by atoms with Crippen molar-refractivity contribution < 1.29 is 14.3 Å². The van der Waals surface area contributed by atoms with E-state index in [-0.39, 0.29) is 12.7 Å². The zero-order chi connectivity index (χ0) is 20.1. The second kappa shape index (κ2) is 8.60. The molecule has 0 bridgehead atoms. The van der Waals surface area contributed by atoms with Crippen molar-refractivity contribution in [2.24, 2.45) is 0 Å². The van der Waals surface area contributed by atoms with Gasteiger partial charge in [0.1, 0.15) is 0 Å². The lowest BCUT2D eigenvalue weighted by atomic mass is 10.1. The van der Waals surface area contributed by atoms with Gasteiger partial charge in [0.2, 0.25) is 6.79 Å². The summed E-state index contributed by atoms with van der Waals surface area (Å²) < 4.78 is 10.7. The van der Waals surface area contributed by atoms with Crippen LogP contribution in [0.15, 0.2) is 61.2 Å². The maximum Gasteiger partial charge on any atom is 0.255 e.